The van der Waals surface area contributed by atoms with E-state index in [0.717, 1.165) is 11.1 Å². The van der Waals surface area contributed by atoms with E-state index in [2.05, 4.69) is 10.4 Å². The molecule has 2 rings (SSSR count). The first-order chi connectivity index (χ1) is 9.15. The molecule has 1 unspecified atom stereocenters. The van der Waals surface area contributed by atoms with Gasteiger partial charge in [-0.3, -0.25) is 5.84 Å². The third-order valence-electron chi connectivity index (χ3n) is 2.84. The Morgan fingerprint density at radius 2 is 2.00 bits per heavy atom. The summed E-state index contributed by atoms with van der Waals surface area (Å²) < 4.78 is 0. The lowest BCUT2D eigenvalue weighted by molar-refractivity contribution is 0.636. The maximum Gasteiger partial charge on any atom is 0.128 e. The predicted molar refractivity (Wildman–Crippen MR) is 81.0 cm³/mol. The van der Waals surface area contributed by atoms with Crippen molar-refractivity contribution in [2.45, 2.75) is 10.9 Å². The predicted octanol–water partition coefficient (Wildman–Crippen LogP) is 2.59. The van der Waals surface area contributed by atoms with Crippen LogP contribution >= 0.6 is 23.4 Å². The van der Waals surface area contributed by atoms with Crippen LogP contribution in [-0.2, 0) is 0 Å². The molecule has 5 N–H and O–H groups in total. The molecule has 6 heteroatoms. The molecule has 0 spiro atoms. The molecule has 4 nitrogen and oxygen atoms in total. The lowest BCUT2D eigenvalue weighted by Crippen LogP contribution is -2.29. The van der Waals surface area contributed by atoms with Gasteiger partial charge in [-0.1, -0.05) is 23.7 Å². The molecule has 2 aromatic rings. The normalized spacial score (nSPS) is 12.4. The topological polar surface area (TPSA) is 77.0 Å². The fourth-order valence-corrected chi connectivity index (χ4v) is 2.43. The van der Waals surface area contributed by atoms with E-state index in [1.54, 1.807) is 17.8 Å². The summed E-state index contributed by atoms with van der Waals surface area (Å²) in [5.41, 5.74) is 10.4. The smallest absolute Gasteiger partial charge is 0.128 e. The van der Waals surface area contributed by atoms with E-state index >= 15 is 0 Å². The molecule has 0 amide bonds. The van der Waals surface area contributed by atoms with Crippen molar-refractivity contribution in [3.05, 3.63) is 52.7 Å². The molecule has 1 heterocycles. The number of hydrazine groups is 1. The number of hydrogen-bond donors (Lipinski definition) is 3. The first-order valence-electron chi connectivity index (χ1n) is 5.66. The van der Waals surface area contributed by atoms with E-state index < -0.39 is 0 Å². The highest BCUT2D eigenvalue weighted by atomic mass is 35.5. The first-order valence-corrected chi connectivity index (χ1v) is 7.27. The second-order valence-electron chi connectivity index (χ2n) is 4.00. The molecule has 0 saturated carbocycles. The van der Waals surface area contributed by atoms with Crippen molar-refractivity contribution in [3.8, 4) is 0 Å². The number of pyridine rings is 1. The molecule has 0 aliphatic heterocycles. The van der Waals surface area contributed by atoms with Crippen LogP contribution in [-0.4, -0.2) is 11.2 Å². The largest absolute Gasteiger partial charge is 0.383 e. The molecule has 0 saturated heterocycles. The second-order valence-corrected chi connectivity index (χ2v) is 5.32. The number of nitrogen functional groups attached to an aromatic ring is 1. The Kier molecular flexibility index (Phi) is 4.66. The van der Waals surface area contributed by atoms with Crippen molar-refractivity contribution < 1.29 is 0 Å². The average Bonchev–Trinajstić information content (AvgIpc) is 2.44. The molecule has 100 valence electrons. The van der Waals surface area contributed by atoms with Crippen molar-refractivity contribution in [2.24, 2.45) is 5.84 Å². The van der Waals surface area contributed by atoms with Crippen molar-refractivity contribution in [3.63, 3.8) is 0 Å². The van der Waals surface area contributed by atoms with Gasteiger partial charge < -0.3 is 5.73 Å². The van der Waals surface area contributed by atoms with Gasteiger partial charge >= 0.3 is 0 Å². The molecular formula is C13H15ClN4S. The molecule has 1 aromatic heterocycles. The fourth-order valence-electron chi connectivity index (χ4n) is 1.86. The number of benzene rings is 1. The summed E-state index contributed by atoms with van der Waals surface area (Å²) in [5.74, 6) is 6.06. The number of rotatable bonds is 4. The number of nitrogens with two attached hydrogens (primary N) is 2. The number of anilines is 1. The summed E-state index contributed by atoms with van der Waals surface area (Å²) >= 11 is 7.65. The zero-order valence-electron chi connectivity index (χ0n) is 10.4. The van der Waals surface area contributed by atoms with Crippen LogP contribution in [0.5, 0.6) is 0 Å². The van der Waals surface area contributed by atoms with E-state index in [0.29, 0.717) is 10.8 Å². The minimum absolute atomic E-state index is 0.234. The van der Waals surface area contributed by atoms with Gasteiger partial charge in [0, 0.05) is 16.7 Å². The van der Waals surface area contributed by atoms with Crippen LogP contribution in [0.25, 0.3) is 0 Å². The third kappa shape index (κ3) is 3.19. The Bertz CT molecular complexity index is 559. The molecule has 0 aliphatic carbocycles. The van der Waals surface area contributed by atoms with E-state index in [9.17, 15) is 0 Å². The van der Waals surface area contributed by atoms with E-state index in [-0.39, 0.29) is 6.04 Å². The maximum atomic E-state index is 5.96. The molecule has 0 radical (unpaired) electrons. The van der Waals surface area contributed by atoms with Gasteiger partial charge in [0.15, 0.2) is 0 Å². The molecule has 19 heavy (non-hydrogen) atoms. The highest BCUT2D eigenvalue weighted by Crippen LogP contribution is 2.28. The van der Waals surface area contributed by atoms with E-state index in [1.807, 2.05) is 30.5 Å². The summed E-state index contributed by atoms with van der Waals surface area (Å²) in [5, 5.41) is 0.533. The number of thioether (sulfide) groups is 1. The van der Waals surface area contributed by atoms with Crippen LogP contribution in [0.1, 0.15) is 17.2 Å². The lowest BCUT2D eigenvalue weighted by atomic mass is 10.00. The maximum absolute atomic E-state index is 5.96. The van der Waals surface area contributed by atoms with Crippen LogP contribution < -0.4 is 17.0 Å². The summed E-state index contributed by atoms with van der Waals surface area (Å²) in [6.07, 6.45) is 3.55. The SMILES string of the molecule is CSc1ccc(C(NN)c2cc(Cl)cnc2N)cc1. The van der Waals surface area contributed by atoms with Gasteiger partial charge in [-0.15, -0.1) is 11.8 Å². The zero-order chi connectivity index (χ0) is 13.8. The Morgan fingerprint density at radius 3 is 2.58 bits per heavy atom. The lowest BCUT2D eigenvalue weighted by Gasteiger charge is -2.18. The highest BCUT2D eigenvalue weighted by Gasteiger charge is 2.16. The summed E-state index contributed by atoms with van der Waals surface area (Å²) in [6.45, 7) is 0. The van der Waals surface area contributed by atoms with Crippen LogP contribution in [0.4, 0.5) is 5.82 Å². The minimum Gasteiger partial charge on any atom is -0.383 e. The van der Waals surface area contributed by atoms with Gasteiger partial charge in [-0.05, 0) is 30.0 Å². The zero-order valence-corrected chi connectivity index (χ0v) is 12.0. The molecule has 0 fully saturated rings. The summed E-state index contributed by atoms with van der Waals surface area (Å²) in [6, 6.07) is 9.64. The van der Waals surface area contributed by atoms with E-state index in [1.165, 1.54) is 11.1 Å². The van der Waals surface area contributed by atoms with Crippen LogP contribution in [0.15, 0.2) is 41.4 Å². The first kappa shape index (κ1) is 14.1. The Balaban J connectivity index is 2.40. The number of aromatic nitrogens is 1. The van der Waals surface area contributed by atoms with E-state index in [4.69, 9.17) is 23.2 Å². The Labute approximate surface area is 121 Å². The van der Waals surface area contributed by atoms with Crippen molar-refractivity contribution in [1.82, 2.24) is 10.4 Å². The van der Waals surface area contributed by atoms with Gasteiger partial charge in [-0.2, -0.15) is 0 Å². The van der Waals surface area contributed by atoms with Crippen molar-refractivity contribution in [2.75, 3.05) is 12.0 Å². The van der Waals surface area contributed by atoms with Crippen LogP contribution in [0.3, 0.4) is 0 Å². The summed E-state index contributed by atoms with van der Waals surface area (Å²) in [4.78, 5) is 5.24. The van der Waals surface area contributed by atoms with Gasteiger partial charge in [0.1, 0.15) is 5.82 Å². The molecule has 1 atom stereocenters. The Hall–Kier alpha value is -1.27. The second kappa shape index (κ2) is 6.25. The van der Waals surface area contributed by atoms with Gasteiger partial charge in [0.2, 0.25) is 0 Å². The van der Waals surface area contributed by atoms with Crippen molar-refractivity contribution in [1.29, 1.82) is 0 Å². The quantitative estimate of drug-likeness (QED) is 0.459. The monoisotopic (exact) mass is 294 g/mol. The third-order valence-corrected chi connectivity index (χ3v) is 3.79. The van der Waals surface area contributed by atoms with Gasteiger partial charge in [0.05, 0.1) is 11.1 Å². The molecule has 0 bridgehead atoms. The summed E-state index contributed by atoms with van der Waals surface area (Å²) in [7, 11) is 0. The minimum atomic E-state index is -0.234. The molecular weight excluding hydrogens is 280 g/mol. The highest BCUT2D eigenvalue weighted by molar-refractivity contribution is 7.98. The van der Waals surface area contributed by atoms with Gasteiger partial charge in [-0.25, -0.2) is 10.4 Å². The number of hydrogen-bond acceptors (Lipinski definition) is 5. The van der Waals surface area contributed by atoms with Crippen molar-refractivity contribution >= 4 is 29.2 Å². The molecule has 1 aromatic carbocycles. The molecule has 0 aliphatic rings. The standard InChI is InChI=1S/C13H15ClN4S/c1-19-10-4-2-8(3-5-10)12(18-16)11-6-9(14)7-17-13(11)15/h2-7,12,18H,16H2,1H3,(H2,15,17). The van der Waals surface area contributed by atoms with Gasteiger partial charge in [0.25, 0.3) is 0 Å². The number of nitrogens with one attached hydrogen (secondary N) is 1. The number of halogens is 1. The fraction of sp³-hybridized carbons (Fsp3) is 0.154. The van der Waals surface area contributed by atoms with Crippen LogP contribution in [0.2, 0.25) is 5.02 Å². The average molecular weight is 295 g/mol. The number of nitrogens with zero attached hydrogens (tertiary/aromatic N) is 1. The Morgan fingerprint density at radius 1 is 1.32 bits per heavy atom. The van der Waals surface area contributed by atoms with Crippen LogP contribution in [0, 0.1) is 0 Å².